The summed E-state index contributed by atoms with van der Waals surface area (Å²) >= 11 is 0. The molecule has 0 spiro atoms. The van der Waals surface area contributed by atoms with Gasteiger partial charge >= 0.3 is 6.09 Å². The molecule has 33 heavy (non-hydrogen) atoms. The van der Waals surface area contributed by atoms with Crippen molar-refractivity contribution in [1.29, 1.82) is 0 Å². The highest BCUT2D eigenvalue weighted by atomic mass is 16.5. The van der Waals surface area contributed by atoms with Gasteiger partial charge in [-0.1, -0.05) is 32.3 Å². The van der Waals surface area contributed by atoms with Crippen molar-refractivity contribution in [3.63, 3.8) is 0 Å². The van der Waals surface area contributed by atoms with Crippen LogP contribution in [0.2, 0.25) is 0 Å². The van der Waals surface area contributed by atoms with Crippen molar-refractivity contribution >= 4 is 17.6 Å². The van der Waals surface area contributed by atoms with E-state index in [1.54, 1.807) is 6.92 Å². The summed E-state index contributed by atoms with van der Waals surface area (Å²) in [5.41, 5.74) is 5.41. The molecule has 4 fully saturated rings. The Hall–Kier alpha value is -1.65. The summed E-state index contributed by atoms with van der Waals surface area (Å²) in [5, 5.41) is 4.35. The molecule has 5 aliphatic rings. The van der Waals surface area contributed by atoms with Crippen LogP contribution in [0.3, 0.4) is 0 Å². The summed E-state index contributed by atoms with van der Waals surface area (Å²) < 4.78 is 4.94. The maximum atomic E-state index is 13.2. The molecule has 0 radical (unpaired) electrons. The molecule has 0 unspecified atom stereocenters. The first-order valence-electron chi connectivity index (χ1n) is 13.5. The molecule has 1 amide bonds. The summed E-state index contributed by atoms with van der Waals surface area (Å²) in [7, 11) is 0. The molecule has 1 N–H and O–H groups in total. The maximum Gasteiger partial charge on any atom is 0.427 e. The molecule has 0 aromatic heterocycles. The van der Waals surface area contributed by atoms with Gasteiger partial charge in [-0.3, -0.25) is 4.79 Å². The Morgan fingerprint density at radius 1 is 1.09 bits per heavy atom. The number of amides is 1. The van der Waals surface area contributed by atoms with Gasteiger partial charge in [0, 0.05) is 5.41 Å². The van der Waals surface area contributed by atoms with E-state index in [1.807, 2.05) is 6.92 Å². The Kier molecular flexibility index (Phi) is 5.77. The lowest BCUT2D eigenvalue weighted by molar-refractivity contribution is -0.147. The molecule has 0 heterocycles. The Morgan fingerprint density at radius 2 is 1.91 bits per heavy atom. The lowest BCUT2D eigenvalue weighted by Gasteiger charge is -2.60. The van der Waals surface area contributed by atoms with Crippen molar-refractivity contribution in [3.05, 3.63) is 11.6 Å². The van der Waals surface area contributed by atoms with Gasteiger partial charge in [-0.2, -0.15) is 5.10 Å². The van der Waals surface area contributed by atoms with E-state index in [-0.39, 0.29) is 16.2 Å². The van der Waals surface area contributed by atoms with Gasteiger partial charge in [0.05, 0.1) is 12.3 Å². The number of Topliss-reactive ketones (excluding diaryl/α,β-unsaturated/α-hetero) is 1. The van der Waals surface area contributed by atoms with Gasteiger partial charge in [0.15, 0.2) is 0 Å². The molecular weight excluding hydrogens is 412 g/mol. The molecule has 0 saturated heterocycles. The third-order valence-electron chi connectivity index (χ3n) is 11.2. The van der Waals surface area contributed by atoms with Crippen LogP contribution in [-0.2, 0) is 9.53 Å². The number of fused-ring (bicyclic) bond motifs is 7. The Morgan fingerprint density at radius 3 is 2.67 bits per heavy atom. The van der Waals surface area contributed by atoms with Crippen molar-refractivity contribution in [3.8, 4) is 0 Å². The van der Waals surface area contributed by atoms with Crippen LogP contribution in [0, 0.1) is 39.9 Å². The van der Waals surface area contributed by atoms with Crippen LogP contribution in [0.15, 0.2) is 16.8 Å². The molecule has 5 nitrogen and oxygen atoms in total. The highest BCUT2D eigenvalue weighted by Crippen LogP contribution is 2.74. The van der Waals surface area contributed by atoms with Crippen LogP contribution in [-0.4, -0.2) is 24.2 Å². The van der Waals surface area contributed by atoms with E-state index in [1.165, 1.54) is 50.5 Å². The second kappa shape index (κ2) is 8.23. The van der Waals surface area contributed by atoms with E-state index >= 15 is 0 Å². The second-order valence-corrected chi connectivity index (χ2v) is 12.1. The number of hydrazone groups is 1. The predicted octanol–water partition coefficient (Wildman–Crippen LogP) is 6.43. The lowest BCUT2D eigenvalue weighted by atomic mass is 9.44. The first kappa shape index (κ1) is 23.1. The maximum absolute atomic E-state index is 13.2. The summed E-state index contributed by atoms with van der Waals surface area (Å²) in [6.07, 6.45) is 14.8. The van der Waals surface area contributed by atoms with Crippen LogP contribution >= 0.6 is 0 Å². The van der Waals surface area contributed by atoms with Gasteiger partial charge in [-0.05, 0) is 112 Å². The number of hydrogen-bond acceptors (Lipinski definition) is 4. The second-order valence-electron chi connectivity index (χ2n) is 12.1. The number of hydrogen-bond donors (Lipinski definition) is 1. The van der Waals surface area contributed by atoms with Crippen molar-refractivity contribution in [2.45, 2.75) is 98.3 Å². The predicted molar refractivity (Wildman–Crippen MR) is 130 cm³/mol. The van der Waals surface area contributed by atoms with Gasteiger partial charge in [-0.25, -0.2) is 10.2 Å². The number of ether oxygens (including phenoxy) is 1. The highest BCUT2D eigenvalue weighted by molar-refractivity contribution is 5.97. The monoisotopic (exact) mass is 454 g/mol. The number of ketones is 1. The Labute approximate surface area is 199 Å². The summed E-state index contributed by atoms with van der Waals surface area (Å²) in [6, 6.07) is 0. The minimum atomic E-state index is -0.478. The number of nitrogens with one attached hydrogen (secondary N) is 1. The van der Waals surface area contributed by atoms with Gasteiger partial charge < -0.3 is 4.74 Å². The van der Waals surface area contributed by atoms with Gasteiger partial charge in [0.2, 0.25) is 0 Å². The van der Waals surface area contributed by atoms with E-state index < -0.39 is 6.09 Å². The van der Waals surface area contributed by atoms with Crippen molar-refractivity contribution in [2.24, 2.45) is 45.0 Å². The molecule has 5 rings (SSSR count). The molecule has 0 bridgehead atoms. The van der Waals surface area contributed by atoms with Gasteiger partial charge in [0.1, 0.15) is 5.78 Å². The third kappa shape index (κ3) is 3.27. The summed E-state index contributed by atoms with van der Waals surface area (Å²) in [4.78, 5) is 24.9. The van der Waals surface area contributed by atoms with Gasteiger partial charge in [-0.15, -0.1) is 0 Å². The number of carbonyl (C=O) groups is 2. The van der Waals surface area contributed by atoms with Crippen LogP contribution in [0.25, 0.3) is 0 Å². The Bertz CT molecular complexity index is 894. The molecule has 0 aromatic rings. The average Bonchev–Trinajstić information content (AvgIpc) is 3.08. The fourth-order valence-electron chi connectivity index (χ4n) is 9.74. The topological polar surface area (TPSA) is 67.8 Å². The molecular formula is C28H42N2O3. The first-order chi connectivity index (χ1) is 15.8. The molecule has 7 atom stereocenters. The number of allylic oxidation sites excluding steroid dienone is 2. The van der Waals surface area contributed by atoms with E-state index in [2.05, 4.69) is 30.5 Å². The van der Waals surface area contributed by atoms with E-state index in [4.69, 9.17) is 4.74 Å². The highest BCUT2D eigenvalue weighted by Gasteiger charge is 2.69. The zero-order valence-electron chi connectivity index (χ0n) is 21.0. The van der Waals surface area contributed by atoms with Crippen molar-refractivity contribution in [1.82, 2.24) is 5.43 Å². The third-order valence-corrected chi connectivity index (χ3v) is 11.2. The van der Waals surface area contributed by atoms with Crippen LogP contribution in [0.1, 0.15) is 98.3 Å². The Balaban J connectivity index is 1.40. The number of carbonyl (C=O) groups excluding carboxylic acids is 2. The van der Waals surface area contributed by atoms with Crippen molar-refractivity contribution < 1.29 is 14.3 Å². The minimum absolute atomic E-state index is 0.0525. The molecule has 4 saturated carbocycles. The largest absolute Gasteiger partial charge is 0.449 e. The molecule has 5 aliphatic carbocycles. The molecule has 5 heteroatoms. The van der Waals surface area contributed by atoms with Gasteiger partial charge in [0.25, 0.3) is 0 Å². The zero-order chi connectivity index (χ0) is 23.4. The lowest BCUT2D eigenvalue weighted by Crippen LogP contribution is -2.55. The van der Waals surface area contributed by atoms with E-state index in [0.717, 1.165) is 37.3 Å². The summed E-state index contributed by atoms with van der Waals surface area (Å²) in [6.45, 7) is 9.07. The van der Waals surface area contributed by atoms with Crippen LogP contribution in [0.5, 0.6) is 0 Å². The SMILES string of the molecule is CCOC(=O)N/N=C1\C=C2CC[C@@H]3[C@H](CC[C@@]4(C)[C@H]3C[C@@H]3CCCC[C@]34C(C)=O)[C@@]2(C)CC1. The smallest absolute Gasteiger partial charge is 0.427 e. The number of rotatable bonds is 3. The standard InChI is InChI=1S/C28H42N2O3/c1-5-33-25(32)30-29-21-11-14-26(3)19(16-21)9-10-22-23(26)12-15-27(4)24(22)17-20-8-6-7-13-28(20,27)18(2)31/h16,20,22-24H,5-15,17H2,1-4H3,(H,30,32)/b29-21-/t20-,22+,23-,24-,26-,27-,28-/m0/s1. The average molecular weight is 455 g/mol. The minimum Gasteiger partial charge on any atom is -0.449 e. The van der Waals surface area contributed by atoms with Crippen LogP contribution in [0.4, 0.5) is 4.79 Å². The molecule has 182 valence electrons. The quantitative estimate of drug-likeness (QED) is 0.500. The van der Waals surface area contributed by atoms with E-state index in [9.17, 15) is 9.59 Å². The van der Waals surface area contributed by atoms with Crippen molar-refractivity contribution in [2.75, 3.05) is 6.61 Å². The molecule has 0 aliphatic heterocycles. The normalized spacial score (nSPS) is 45.2. The zero-order valence-corrected chi connectivity index (χ0v) is 21.0. The fraction of sp³-hybridized carbons (Fsp3) is 0.821. The molecule has 0 aromatic carbocycles. The number of nitrogens with zero attached hydrogens (tertiary/aromatic N) is 1. The summed E-state index contributed by atoms with van der Waals surface area (Å²) in [5.74, 6) is 3.25. The van der Waals surface area contributed by atoms with E-state index in [0.29, 0.717) is 30.1 Å². The first-order valence-corrected chi connectivity index (χ1v) is 13.5. The fourth-order valence-corrected chi connectivity index (χ4v) is 9.74. The van der Waals surface area contributed by atoms with Crippen LogP contribution < -0.4 is 5.43 Å².